The van der Waals surface area contributed by atoms with Crippen molar-refractivity contribution in [3.63, 3.8) is 0 Å². The number of amidine groups is 1. The zero-order chi connectivity index (χ0) is 25.6. The fraction of sp³-hybridized carbons (Fsp3) is 0.200. The van der Waals surface area contributed by atoms with Crippen LogP contribution in [0.4, 0.5) is 5.69 Å². The van der Waals surface area contributed by atoms with Crippen molar-refractivity contribution in [2.75, 3.05) is 4.90 Å². The number of benzene rings is 3. The van der Waals surface area contributed by atoms with Gasteiger partial charge < -0.3 is 5.11 Å². The lowest BCUT2D eigenvalue weighted by Gasteiger charge is -2.45. The highest BCUT2D eigenvalue weighted by Crippen LogP contribution is 2.52. The molecule has 0 amide bonds. The molecular formula is C30H26Cl2N2O2. The Labute approximate surface area is 221 Å². The van der Waals surface area contributed by atoms with Crippen molar-refractivity contribution in [3.05, 3.63) is 117 Å². The van der Waals surface area contributed by atoms with E-state index in [0.29, 0.717) is 50.8 Å². The number of rotatable bonds is 3. The zero-order valence-electron chi connectivity index (χ0n) is 20.1. The standard InChI is InChI=1S/C30H26Cl2N2O2/c1-30(2)16-23-26(24(35)17-30)25(19-12-6-7-13-20(19)31)27(28(36)18-10-4-3-5-11-18)29(33)34(23)22-15-9-8-14-21(22)32/h3-15,25,33,36H,16-17H2,1-2H3/b28-27+,33-29?. The molecule has 5 rings (SSSR count). The number of anilines is 1. The fourth-order valence-electron chi connectivity index (χ4n) is 5.28. The van der Waals surface area contributed by atoms with Crippen LogP contribution in [0.5, 0.6) is 0 Å². The molecule has 2 aliphatic rings. The van der Waals surface area contributed by atoms with Gasteiger partial charge in [-0.25, -0.2) is 0 Å². The Kier molecular flexibility index (Phi) is 6.27. The zero-order valence-corrected chi connectivity index (χ0v) is 21.6. The average Bonchev–Trinajstić information content (AvgIpc) is 2.84. The summed E-state index contributed by atoms with van der Waals surface area (Å²) in [4.78, 5) is 15.6. The minimum Gasteiger partial charge on any atom is -0.507 e. The molecule has 1 aliphatic carbocycles. The third-order valence-electron chi connectivity index (χ3n) is 6.83. The van der Waals surface area contributed by atoms with Crippen molar-refractivity contribution in [1.29, 1.82) is 5.41 Å². The van der Waals surface area contributed by atoms with Gasteiger partial charge in [-0.1, -0.05) is 97.7 Å². The Balaban J connectivity index is 1.89. The van der Waals surface area contributed by atoms with Crippen LogP contribution in [0.1, 0.15) is 43.7 Å². The van der Waals surface area contributed by atoms with Crippen LogP contribution >= 0.6 is 23.2 Å². The van der Waals surface area contributed by atoms with Crippen molar-refractivity contribution in [1.82, 2.24) is 0 Å². The number of nitrogens with one attached hydrogen (secondary N) is 1. The van der Waals surface area contributed by atoms with E-state index in [1.807, 2.05) is 54.6 Å². The normalized spacial score (nSPS) is 20.9. The number of aliphatic hydroxyl groups excluding tert-OH is 1. The van der Waals surface area contributed by atoms with Crippen LogP contribution < -0.4 is 4.90 Å². The molecule has 1 heterocycles. The van der Waals surface area contributed by atoms with Gasteiger partial charge in [-0.3, -0.25) is 15.1 Å². The van der Waals surface area contributed by atoms with E-state index in [2.05, 4.69) is 13.8 Å². The predicted octanol–water partition coefficient (Wildman–Crippen LogP) is 8.19. The number of aliphatic hydroxyl groups is 1. The number of carbonyl (C=O) groups is 1. The van der Waals surface area contributed by atoms with Gasteiger partial charge >= 0.3 is 0 Å². The molecule has 0 saturated heterocycles. The first-order valence-corrected chi connectivity index (χ1v) is 12.6. The van der Waals surface area contributed by atoms with E-state index in [9.17, 15) is 15.3 Å². The first-order chi connectivity index (χ1) is 17.2. The third-order valence-corrected chi connectivity index (χ3v) is 7.50. The van der Waals surface area contributed by atoms with Gasteiger partial charge in [0, 0.05) is 39.8 Å². The van der Waals surface area contributed by atoms with Crippen LogP contribution in [0.25, 0.3) is 5.76 Å². The maximum absolute atomic E-state index is 13.9. The summed E-state index contributed by atoms with van der Waals surface area (Å²) in [5, 5.41) is 22.0. The maximum atomic E-state index is 13.9. The van der Waals surface area contributed by atoms with Gasteiger partial charge in [-0.05, 0) is 35.6 Å². The molecule has 6 heteroatoms. The lowest BCUT2D eigenvalue weighted by Crippen LogP contribution is -2.45. The first-order valence-electron chi connectivity index (χ1n) is 11.8. The fourth-order valence-corrected chi connectivity index (χ4v) is 5.75. The first kappa shape index (κ1) is 24.4. The summed E-state index contributed by atoms with van der Waals surface area (Å²) in [5.74, 6) is -0.705. The van der Waals surface area contributed by atoms with E-state index < -0.39 is 5.92 Å². The van der Waals surface area contributed by atoms with Crippen LogP contribution in [0.2, 0.25) is 10.0 Å². The second-order valence-electron chi connectivity index (χ2n) is 10.0. The molecular weight excluding hydrogens is 491 g/mol. The second kappa shape index (κ2) is 9.27. The quantitative estimate of drug-likeness (QED) is 0.344. The van der Waals surface area contributed by atoms with E-state index in [4.69, 9.17) is 23.2 Å². The minimum atomic E-state index is -0.691. The van der Waals surface area contributed by atoms with Crippen LogP contribution in [-0.2, 0) is 4.79 Å². The molecule has 0 spiro atoms. The number of hydrogen-bond donors (Lipinski definition) is 2. The van der Waals surface area contributed by atoms with Gasteiger partial charge in [0.25, 0.3) is 0 Å². The maximum Gasteiger partial charge on any atom is 0.162 e. The number of ketones is 1. The summed E-state index contributed by atoms with van der Waals surface area (Å²) in [5.41, 5.74) is 3.13. The van der Waals surface area contributed by atoms with Crippen molar-refractivity contribution < 1.29 is 9.90 Å². The molecule has 0 fully saturated rings. The molecule has 36 heavy (non-hydrogen) atoms. The number of Topliss-reactive ketones (excluding diaryl/α,β-unsaturated/α-hetero) is 1. The number of hydrogen-bond acceptors (Lipinski definition) is 3. The van der Waals surface area contributed by atoms with Crippen molar-refractivity contribution in [2.45, 2.75) is 32.6 Å². The van der Waals surface area contributed by atoms with Gasteiger partial charge in [0.05, 0.1) is 10.7 Å². The van der Waals surface area contributed by atoms with Gasteiger partial charge in [0.15, 0.2) is 5.78 Å². The number of allylic oxidation sites excluding steroid dienone is 2. The molecule has 0 bridgehead atoms. The van der Waals surface area contributed by atoms with Crippen LogP contribution in [0.15, 0.2) is 95.7 Å². The minimum absolute atomic E-state index is 0.0194. The highest BCUT2D eigenvalue weighted by atomic mass is 35.5. The van der Waals surface area contributed by atoms with Crippen LogP contribution in [0.3, 0.4) is 0 Å². The molecule has 0 aromatic heterocycles. The smallest absolute Gasteiger partial charge is 0.162 e. The highest BCUT2D eigenvalue weighted by molar-refractivity contribution is 6.35. The average molecular weight is 517 g/mol. The largest absolute Gasteiger partial charge is 0.507 e. The summed E-state index contributed by atoms with van der Waals surface area (Å²) in [6, 6.07) is 23.7. The molecule has 1 unspecified atom stereocenters. The van der Waals surface area contributed by atoms with E-state index in [0.717, 1.165) is 5.70 Å². The van der Waals surface area contributed by atoms with Crippen molar-refractivity contribution in [3.8, 4) is 0 Å². The Morgan fingerprint density at radius 2 is 1.53 bits per heavy atom. The summed E-state index contributed by atoms with van der Waals surface area (Å²) in [7, 11) is 0. The molecule has 0 saturated carbocycles. The lowest BCUT2D eigenvalue weighted by molar-refractivity contribution is -0.118. The highest BCUT2D eigenvalue weighted by Gasteiger charge is 2.47. The summed E-state index contributed by atoms with van der Waals surface area (Å²) >= 11 is 13.3. The lowest BCUT2D eigenvalue weighted by atomic mass is 9.67. The third kappa shape index (κ3) is 4.15. The Hall–Kier alpha value is -3.34. The molecule has 0 radical (unpaired) electrons. The molecule has 182 valence electrons. The topological polar surface area (TPSA) is 64.4 Å². The molecule has 3 aromatic carbocycles. The summed E-state index contributed by atoms with van der Waals surface area (Å²) in [6.45, 7) is 4.11. The van der Waals surface area contributed by atoms with Crippen molar-refractivity contribution >= 4 is 46.3 Å². The Bertz CT molecular complexity index is 1440. The molecule has 1 aliphatic heterocycles. The van der Waals surface area contributed by atoms with Gasteiger partial charge in [0.1, 0.15) is 11.6 Å². The van der Waals surface area contributed by atoms with E-state index >= 15 is 0 Å². The SMILES string of the molecule is CC1(C)CC(=O)C2=C(C1)N(c1ccccc1Cl)C(=N)/C(=C(/O)c1ccccc1)C2c1ccccc1Cl. The van der Waals surface area contributed by atoms with Gasteiger partial charge in [-0.2, -0.15) is 0 Å². The monoisotopic (exact) mass is 516 g/mol. The second-order valence-corrected chi connectivity index (χ2v) is 10.8. The Morgan fingerprint density at radius 3 is 2.19 bits per heavy atom. The summed E-state index contributed by atoms with van der Waals surface area (Å²) in [6.07, 6.45) is 0.928. The molecule has 4 nitrogen and oxygen atoms in total. The number of halogens is 2. The Morgan fingerprint density at radius 1 is 0.917 bits per heavy atom. The van der Waals surface area contributed by atoms with E-state index in [1.54, 1.807) is 29.2 Å². The van der Waals surface area contributed by atoms with E-state index in [1.165, 1.54) is 0 Å². The van der Waals surface area contributed by atoms with Gasteiger partial charge in [0.2, 0.25) is 0 Å². The van der Waals surface area contributed by atoms with Crippen molar-refractivity contribution in [2.24, 2.45) is 5.41 Å². The molecule has 1 atom stereocenters. The predicted molar refractivity (Wildman–Crippen MR) is 147 cm³/mol. The van der Waals surface area contributed by atoms with E-state index in [-0.39, 0.29) is 22.8 Å². The molecule has 2 N–H and O–H groups in total. The van der Waals surface area contributed by atoms with Gasteiger partial charge in [-0.15, -0.1) is 0 Å². The number of para-hydroxylation sites is 1. The molecule has 3 aromatic rings. The number of carbonyl (C=O) groups excluding carboxylic acids is 1. The summed E-state index contributed by atoms with van der Waals surface area (Å²) < 4.78 is 0. The number of nitrogens with zero attached hydrogens (tertiary/aromatic N) is 1. The van der Waals surface area contributed by atoms with Crippen LogP contribution in [-0.4, -0.2) is 16.7 Å². The van der Waals surface area contributed by atoms with Crippen LogP contribution in [0, 0.1) is 10.8 Å².